The van der Waals surface area contributed by atoms with Gasteiger partial charge >= 0.3 is 0 Å². The van der Waals surface area contributed by atoms with Crippen molar-refractivity contribution in [2.24, 2.45) is 0 Å². The molecule has 0 saturated heterocycles. The van der Waals surface area contributed by atoms with Gasteiger partial charge in [-0.2, -0.15) is 0 Å². The first-order valence-electron chi connectivity index (χ1n) is 4.91. The number of amides is 1. The maximum atomic E-state index is 13.6. The van der Waals surface area contributed by atoms with E-state index in [1.54, 1.807) is 0 Å². The number of carbonyl (C=O) groups is 2. The van der Waals surface area contributed by atoms with Gasteiger partial charge in [-0.1, -0.05) is 11.6 Å². The zero-order valence-electron chi connectivity index (χ0n) is 9.00. The first-order chi connectivity index (χ1) is 8.07. The number of carbonyl (C=O) groups excluding carboxylic acids is 2. The Bertz CT molecular complexity index is 504. The quantitative estimate of drug-likeness (QED) is 0.774. The molecule has 90 valence electrons. The third-order valence-electron chi connectivity index (χ3n) is 2.53. The summed E-state index contributed by atoms with van der Waals surface area (Å²) >= 11 is 5.80. The number of Topliss-reactive ketones (excluding diaryl/α,β-unsaturated/α-hetero) is 1. The summed E-state index contributed by atoms with van der Waals surface area (Å²) in [5.41, 5.74) is -0.114. The first-order valence-corrected chi connectivity index (χ1v) is 5.29. The molecule has 0 aliphatic carbocycles. The highest BCUT2D eigenvalue weighted by molar-refractivity contribution is 6.55. The van der Waals surface area contributed by atoms with Crippen LogP contribution in [-0.4, -0.2) is 32.0 Å². The Labute approximate surface area is 102 Å². The van der Waals surface area contributed by atoms with Crippen LogP contribution in [0.15, 0.2) is 12.1 Å². The number of benzene rings is 1. The number of hydrogen-bond donors (Lipinski definition) is 0. The standard InChI is InChI=1S/C11H9ClFNO3/c1-17-5-4-14-9-7(13)3-2-6(12)8(9)10(15)11(14)16/h2-3H,4-5H2,1H3. The van der Waals surface area contributed by atoms with E-state index in [1.165, 1.54) is 13.2 Å². The number of ether oxygens (including phenoxy) is 1. The second-order valence-electron chi connectivity index (χ2n) is 3.53. The van der Waals surface area contributed by atoms with Crippen LogP contribution in [0, 0.1) is 5.82 Å². The lowest BCUT2D eigenvalue weighted by molar-refractivity contribution is -0.114. The summed E-state index contributed by atoms with van der Waals surface area (Å²) in [6.07, 6.45) is 0. The van der Waals surface area contributed by atoms with Crippen LogP contribution in [0.3, 0.4) is 0 Å². The van der Waals surface area contributed by atoms with Crippen LogP contribution >= 0.6 is 11.6 Å². The molecule has 1 heterocycles. The Morgan fingerprint density at radius 1 is 1.41 bits per heavy atom. The van der Waals surface area contributed by atoms with E-state index >= 15 is 0 Å². The lowest BCUT2D eigenvalue weighted by Crippen LogP contribution is -2.33. The monoisotopic (exact) mass is 257 g/mol. The van der Waals surface area contributed by atoms with Crippen LogP contribution in [0.2, 0.25) is 5.02 Å². The van der Waals surface area contributed by atoms with Gasteiger partial charge in [-0.25, -0.2) is 4.39 Å². The minimum Gasteiger partial charge on any atom is -0.383 e. The molecule has 17 heavy (non-hydrogen) atoms. The van der Waals surface area contributed by atoms with E-state index in [2.05, 4.69) is 0 Å². The molecule has 0 radical (unpaired) electrons. The van der Waals surface area contributed by atoms with Gasteiger partial charge in [0.2, 0.25) is 0 Å². The topological polar surface area (TPSA) is 46.6 Å². The van der Waals surface area contributed by atoms with E-state index in [-0.39, 0.29) is 29.4 Å². The first kappa shape index (κ1) is 12.0. The molecule has 1 amide bonds. The molecule has 0 unspecified atom stereocenters. The van der Waals surface area contributed by atoms with Crippen molar-refractivity contribution in [2.45, 2.75) is 0 Å². The lowest BCUT2D eigenvalue weighted by atomic mass is 10.1. The van der Waals surface area contributed by atoms with Crippen LogP contribution in [0.5, 0.6) is 0 Å². The highest BCUT2D eigenvalue weighted by Gasteiger charge is 2.39. The molecular formula is C11H9ClFNO3. The van der Waals surface area contributed by atoms with E-state index in [0.717, 1.165) is 11.0 Å². The molecule has 0 aromatic heterocycles. The number of methoxy groups -OCH3 is 1. The highest BCUT2D eigenvalue weighted by Crippen LogP contribution is 2.36. The number of ketones is 1. The normalized spacial score (nSPS) is 14.4. The minimum absolute atomic E-state index is 0.0513. The maximum Gasteiger partial charge on any atom is 0.299 e. The fraction of sp³-hybridized carbons (Fsp3) is 0.273. The van der Waals surface area contributed by atoms with Gasteiger partial charge in [0.15, 0.2) is 0 Å². The van der Waals surface area contributed by atoms with Gasteiger partial charge < -0.3 is 4.74 Å². The van der Waals surface area contributed by atoms with Crippen LogP contribution < -0.4 is 4.90 Å². The van der Waals surface area contributed by atoms with Crippen molar-refractivity contribution in [1.82, 2.24) is 0 Å². The van der Waals surface area contributed by atoms with Gasteiger partial charge in [0.1, 0.15) is 5.82 Å². The molecule has 6 heteroatoms. The van der Waals surface area contributed by atoms with Crippen molar-refractivity contribution in [2.75, 3.05) is 25.2 Å². The van der Waals surface area contributed by atoms with Gasteiger partial charge in [0.05, 0.1) is 22.9 Å². The van der Waals surface area contributed by atoms with Crippen LogP contribution in [0.25, 0.3) is 0 Å². The SMILES string of the molecule is COCCN1C(=O)C(=O)c2c(Cl)ccc(F)c21. The predicted octanol–water partition coefficient (Wildman–Crippen LogP) is 1.65. The smallest absolute Gasteiger partial charge is 0.299 e. The molecule has 1 aliphatic heterocycles. The zero-order valence-corrected chi connectivity index (χ0v) is 9.75. The van der Waals surface area contributed by atoms with Gasteiger partial charge in [-0.05, 0) is 12.1 Å². The molecule has 1 aliphatic rings. The third-order valence-corrected chi connectivity index (χ3v) is 2.85. The Kier molecular flexibility index (Phi) is 3.13. The van der Waals surface area contributed by atoms with Crippen molar-refractivity contribution in [3.63, 3.8) is 0 Å². The summed E-state index contributed by atoms with van der Waals surface area (Å²) in [5, 5.41) is 0.0830. The summed E-state index contributed by atoms with van der Waals surface area (Å²) in [7, 11) is 1.46. The van der Waals surface area contributed by atoms with Crippen molar-refractivity contribution < 1.29 is 18.7 Å². The summed E-state index contributed by atoms with van der Waals surface area (Å²) in [6.45, 7) is 0.329. The number of nitrogens with zero attached hydrogens (tertiary/aromatic N) is 1. The Morgan fingerprint density at radius 2 is 2.12 bits per heavy atom. The molecule has 0 N–H and O–H groups in total. The Morgan fingerprint density at radius 3 is 2.76 bits per heavy atom. The number of anilines is 1. The van der Waals surface area contributed by atoms with E-state index in [0.29, 0.717) is 0 Å². The lowest BCUT2D eigenvalue weighted by Gasteiger charge is -2.16. The predicted molar refractivity (Wildman–Crippen MR) is 60.0 cm³/mol. The van der Waals surface area contributed by atoms with Gasteiger partial charge in [-0.15, -0.1) is 0 Å². The number of halogens is 2. The Balaban J connectivity index is 2.52. The number of hydrogen-bond acceptors (Lipinski definition) is 3. The second kappa shape index (κ2) is 4.43. The highest BCUT2D eigenvalue weighted by atomic mass is 35.5. The van der Waals surface area contributed by atoms with Crippen molar-refractivity contribution in [3.05, 3.63) is 28.5 Å². The largest absolute Gasteiger partial charge is 0.383 e. The Hall–Kier alpha value is -1.46. The molecule has 2 rings (SSSR count). The summed E-state index contributed by atoms with van der Waals surface area (Å²) in [5.74, 6) is -2.19. The second-order valence-corrected chi connectivity index (χ2v) is 3.94. The fourth-order valence-electron chi connectivity index (χ4n) is 1.75. The zero-order chi connectivity index (χ0) is 12.6. The summed E-state index contributed by atoms with van der Waals surface area (Å²) in [6, 6.07) is 2.40. The molecular weight excluding hydrogens is 249 g/mol. The molecule has 0 bridgehead atoms. The average molecular weight is 258 g/mol. The van der Waals surface area contributed by atoms with E-state index < -0.39 is 17.5 Å². The van der Waals surface area contributed by atoms with E-state index in [1.807, 2.05) is 0 Å². The van der Waals surface area contributed by atoms with Crippen LogP contribution in [-0.2, 0) is 9.53 Å². The molecule has 0 spiro atoms. The third kappa shape index (κ3) is 1.81. The fourth-order valence-corrected chi connectivity index (χ4v) is 1.99. The number of fused-ring (bicyclic) bond motifs is 1. The summed E-state index contributed by atoms with van der Waals surface area (Å²) < 4.78 is 18.5. The van der Waals surface area contributed by atoms with Gasteiger partial charge in [0.25, 0.3) is 11.7 Å². The molecule has 0 saturated carbocycles. The molecule has 1 aromatic rings. The minimum atomic E-state index is -0.777. The van der Waals surface area contributed by atoms with Crippen LogP contribution in [0.1, 0.15) is 10.4 Å². The van der Waals surface area contributed by atoms with Gasteiger partial charge in [0, 0.05) is 13.7 Å². The average Bonchev–Trinajstić information content (AvgIpc) is 2.56. The van der Waals surface area contributed by atoms with Crippen molar-refractivity contribution in [1.29, 1.82) is 0 Å². The van der Waals surface area contributed by atoms with E-state index in [9.17, 15) is 14.0 Å². The summed E-state index contributed by atoms with van der Waals surface area (Å²) in [4.78, 5) is 24.4. The molecule has 4 nitrogen and oxygen atoms in total. The molecule has 0 fully saturated rings. The number of rotatable bonds is 3. The van der Waals surface area contributed by atoms with E-state index in [4.69, 9.17) is 16.3 Å². The van der Waals surface area contributed by atoms with Crippen LogP contribution in [0.4, 0.5) is 10.1 Å². The van der Waals surface area contributed by atoms with Crippen molar-refractivity contribution >= 4 is 29.0 Å². The van der Waals surface area contributed by atoms with Crippen molar-refractivity contribution in [3.8, 4) is 0 Å². The molecule has 1 aromatic carbocycles. The molecule has 0 atom stereocenters. The maximum absolute atomic E-state index is 13.6. The van der Waals surface area contributed by atoms with Gasteiger partial charge in [-0.3, -0.25) is 14.5 Å².